The molecule has 5 nitrogen and oxygen atoms in total. The van der Waals surface area contributed by atoms with Crippen molar-refractivity contribution in [1.82, 2.24) is 4.98 Å². The summed E-state index contributed by atoms with van der Waals surface area (Å²) in [7, 11) is 0. The number of ether oxygens (including phenoxy) is 1. The van der Waals surface area contributed by atoms with Crippen LogP contribution in [0.4, 0.5) is 0 Å². The molecule has 0 saturated heterocycles. The summed E-state index contributed by atoms with van der Waals surface area (Å²) in [6.07, 6.45) is -0.925. The molecule has 0 amide bonds. The molecular weight excluding hydrogens is 365 g/mol. The lowest BCUT2D eigenvalue weighted by Crippen LogP contribution is -2.07. The van der Waals surface area contributed by atoms with Crippen LogP contribution in [0.2, 0.25) is 10.0 Å². The fourth-order valence-corrected chi connectivity index (χ4v) is 2.72. The number of aliphatic hydroxyl groups is 1. The minimum atomic E-state index is -1.07. The summed E-state index contributed by atoms with van der Waals surface area (Å²) in [5.41, 5.74) is 2.34. The highest BCUT2D eigenvalue weighted by atomic mass is 35.5. The highest BCUT2D eigenvalue weighted by Crippen LogP contribution is 2.30. The number of carbonyl (C=O) groups is 1. The van der Waals surface area contributed by atoms with Crippen molar-refractivity contribution in [2.24, 2.45) is 0 Å². The molecule has 1 heterocycles. The van der Waals surface area contributed by atoms with Crippen LogP contribution in [0.25, 0.3) is 11.1 Å². The quantitative estimate of drug-likeness (QED) is 0.668. The number of oxazole rings is 1. The normalized spacial score (nSPS) is 12.3. The van der Waals surface area contributed by atoms with Gasteiger partial charge in [0.25, 0.3) is 0 Å². The second-order valence-corrected chi connectivity index (χ2v) is 6.23. The summed E-state index contributed by atoms with van der Waals surface area (Å²) >= 11 is 11.9. The molecule has 3 rings (SSSR count). The first-order valence-corrected chi connectivity index (χ1v) is 8.41. The number of carbonyl (C=O) groups excluding carboxylic acids is 1. The van der Waals surface area contributed by atoms with Gasteiger partial charge in [-0.2, -0.15) is 0 Å². The zero-order valence-electron chi connectivity index (χ0n) is 13.3. The number of hydrogen-bond acceptors (Lipinski definition) is 5. The van der Waals surface area contributed by atoms with E-state index < -0.39 is 6.10 Å². The van der Waals surface area contributed by atoms with E-state index in [0.29, 0.717) is 33.3 Å². The molecule has 3 aromatic rings. The molecule has 2 aromatic carbocycles. The monoisotopic (exact) mass is 379 g/mol. The molecule has 0 aliphatic rings. The predicted molar refractivity (Wildman–Crippen MR) is 94.9 cm³/mol. The van der Waals surface area contributed by atoms with Gasteiger partial charge in [0.1, 0.15) is 5.52 Å². The van der Waals surface area contributed by atoms with Crippen LogP contribution < -0.4 is 0 Å². The van der Waals surface area contributed by atoms with Crippen molar-refractivity contribution in [3.8, 4) is 0 Å². The van der Waals surface area contributed by atoms with Crippen molar-refractivity contribution in [3.63, 3.8) is 0 Å². The van der Waals surface area contributed by atoms with E-state index in [-0.39, 0.29) is 18.3 Å². The number of fused-ring (bicyclic) bond motifs is 1. The first-order chi connectivity index (χ1) is 12.0. The van der Waals surface area contributed by atoms with Gasteiger partial charge in [-0.1, -0.05) is 35.3 Å². The Morgan fingerprint density at radius 3 is 2.76 bits per heavy atom. The van der Waals surface area contributed by atoms with Crippen LogP contribution in [-0.2, 0) is 16.0 Å². The first kappa shape index (κ1) is 17.7. The van der Waals surface area contributed by atoms with Crippen molar-refractivity contribution in [2.75, 3.05) is 6.61 Å². The van der Waals surface area contributed by atoms with Gasteiger partial charge in [-0.05, 0) is 42.3 Å². The molecule has 0 fully saturated rings. The van der Waals surface area contributed by atoms with E-state index in [1.165, 1.54) is 0 Å². The van der Waals surface area contributed by atoms with E-state index in [1.807, 2.05) is 0 Å². The second-order valence-electron chi connectivity index (χ2n) is 5.41. The van der Waals surface area contributed by atoms with Gasteiger partial charge in [-0.3, -0.25) is 4.79 Å². The smallest absolute Gasteiger partial charge is 0.310 e. The lowest BCUT2D eigenvalue weighted by atomic mass is 10.1. The topological polar surface area (TPSA) is 72.6 Å². The fraction of sp³-hybridized carbons (Fsp3) is 0.222. The van der Waals surface area contributed by atoms with Crippen molar-refractivity contribution in [2.45, 2.75) is 19.4 Å². The molecule has 0 radical (unpaired) electrons. The Bertz CT molecular complexity index is 923. The lowest BCUT2D eigenvalue weighted by molar-refractivity contribution is -0.142. The molecule has 0 spiro atoms. The van der Waals surface area contributed by atoms with Gasteiger partial charge in [-0.15, -0.1) is 0 Å². The second kappa shape index (κ2) is 7.44. The molecule has 0 saturated carbocycles. The summed E-state index contributed by atoms with van der Waals surface area (Å²) in [6.45, 7) is 2.09. The number of halogens is 2. The molecule has 1 unspecified atom stereocenters. The number of aromatic nitrogens is 1. The SMILES string of the molecule is CCOC(=O)Cc1ccc2nc(C(O)c3ccc(Cl)c(Cl)c3)oc2c1. The summed E-state index contributed by atoms with van der Waals surface area (Å²) in [5, 5.41) is 11.2. The third-order valence-corrected chi connectivity index (χ3v) is 4.36. The van der Waals surface area contributed by atoms with E-state index in [4.69, 9.17) is 32.4 Å². The molecular formula is C18H15Cl2NO4. The van der Waals surface area contributed by atoms with Gasteiger partial charge in [0.05, 0.1) is 23.1 Å². The molecule has 25 heavy (non-hydrogen) atoms. The highest BCUT2D eigenvalue weighted by molar-refractivity contribution is 6.42. The first-order valence-electron chi connectivity index (χ1n) is 7.66. The largest absolute Gasteiger partial charge is 0.466 e. The Morgan fingerprint density at radius 1 is 1.24 bits per heavy atom. The van der Waals surface area contributed by atoms with Crippen LogP contribution in [0.1, 0.15) is 30.0 Å². The van der Waals surface area contributed by atoms with Gasteiger partial charge in [-0.25, -0.2) is 4.98 Å². The Hall–Kier alpha value is -2.08. The number of nitrogens with zero attached hydrogens (tertiary/aromatic N) is 1. The van der Waals surface area contributed by atoms with E-state index >= 15 is 0 Å². The minimum absolute atomic E-state index is 0.140. The molecule has 1 atom stereocenters. The van der Waals surface area contributed by atoms with E-state index in [2.05, 4.69) is 4.98 Å². The number of hydrogen-bond donors (Lipinski definition) is 1. The van der Waals surface area contributed by atoms with Gasteiger partial charge < -0.3 is 14.3 Å². The van der Waals surface area contributed by atoms with Crippen LogP contribution in [0.3, 0.4) is 0 Å². The molecule has 1 N–H and O–H groups in total. The average Bonchev–Trinajstić information content (AvgIpc) is 3.00. The molecule has 7 heteroatoms. The van der Waals surface area contributed by atoms with Crippen LogP contribution in [0.15, 0.2) is 40.8 Å². The molecule has 0 bridgehead atoms. The predicted octanol–water partition coefficient (Wildman–Crippen LogP) is 4.32. The standard InChI is InChI=1S/C18H15Cl2NO4/c1-2-24-16(22)8-10-3-6-14-15(7-10)25-18(21-14)17(23)11-4-5-12(19)13(20)9-11/h3-7,9,17,23H,2,8H2,1H3. The van der Waals surface area contributed by atoms with Gasteiger partial charge in [0, 0.05) is 0 Å². The van der Waals surface area contributed by atoms with Gasteiger partial charge in [0.2, 0.25) is 5.89 Å². The van der Waals surface area contributed by atoms with Crippen LogP contribution in [0, 0.1) is 0 Å². The zero-order chi connectivity index (χ0) is 18.0. The van der Waals surface area contributed by atoms with Crippen LogP contribution in [-0.4, -0.2) is 22.7 Å². The number of rotatable bonds is 5. The zero-order valence-corrected chi connectivity index (χ0v) is 14.8. The third-order valence-electron chi connectivity index (χ3n) is 3.62. The van der Waals surface area contributed by atoms with Crippen molar-refractivity contribution in [1.29, 1.82) is 0 Å². The van der Waals surface area contributed by atoms with E-state index in [1.54, 1.807) is 43.3 Å². The summed E-state index contributed by atoms with van der Waals surface area (Å²) < 4.78 is 10.6. The van der Waals surface area contributed by atoms with Crippen molar-refractivity contribution < 1.29 is 19.1 Å². The van der Waals surface area contributed by atoms with Crippen molar-refractivity contribution in [3.05, 3.63) is 63.5 Å². The Kier molecular flexibility index (Phi) is 5.27. The van der Waals surface area contributed by atoms with Crippen molar-refractivity contribution >= 4 is 40.3 Å². The lowest BCUT2D eigenvalue weighted by Gasteiger charge is -2.07. The van der Waals surface area contributed by atoms with Crippen LogP contribution in [0.5, 0.6) is 0 Å². The number of benzene rings is 2. The molecule has 1 aromatic heterocycles. The maximum absolute atomic E-state index is 11.6. The van der Waals surface area contributed by atoms with Gasteiger partial charge in [0.15, 0.2) is 11.7 Å². The maximum atomic E-state index is 11.6. The van der Waals surface area contributed by atoms with E-state index in [9.17, 15) is 9.90 Å². The Labute approximate surface area is 154 Å². The fourth-order valence-electron chi connectivity index (χ4n) is 2.42. The van der Waals surface area contributed by atoms with E-state index in [0.717, 1.165) is 5.56 Å². The summed E-state index contributed by atoms with van der Waals surface area (Å²) in [6, 6.07) is 10.0. The molecule has 0 aliphatic heterocycles. The third kappa shape index (κ3) is 3.95. The molecule has 130 valence electrons. The Morgan fingerprint density at radius 2 is 2.04 bits per heavy atom. The average molecular weight is 380 g/mol. The van der Waals surface area contributed by atoms with Gasteiger partial charge >= 0.3 is 5.97 Å². The summed E-state index contributed by atoms with van der Waals surface area (Å²) in [5.74, 6) is -0.167. The van der Waals surface area contributed by atoms with Crippen LogP contribution >= 0.6 is 23.2 Å². The molecule has 0 aliphatic carbocycles. The number of aliphatic hydroxyl groups excluding tert-OH is 1. The number of esters is 1. The Balaban J connectivity index is 1.87. The summed E-state index contributed by atoms with van der Waals surface area (Å²) in [4.78, 5) is 15.9. The minimum Gasteiger partial charge on any atom is -0.466 e. The highest BCUT2D eigenvalue weighted by Gasteiger charge is 2.19. The maximum Gasteiger partial charge on any atom is 0.310 e.